The fourth-order valence-electron chi connectivity index (χ4n) is 1.36. The Balaban J connectivity index is 2.19. The molecule has 2 N–H and O–H groups in total. The van der Waals surface area contributed by atoms with Gasteiger partial charge in [0.15, 0.2) is 11.6 Å². The summed E-state index contributed by atoms with van der Waals surface area (Å²) in [4.78, 5) is 11.0. The quantitative estimate of drug-likeness (QED) is 0.682. The maximum Gasteiger partial charge on any atom is 0.319 e. The van der Waals surface area contributed by atoms with Gasteiger partial charge in [0.05, 0.1) is 13.2 Å². The Labute approximate surface area is 111 Å². The monoisotopic (exact) mass is 271 g/mol. The van der Waals surface area contributed by atoms with E-state index in [0.29, 0.717) is 6.61 Å². The van der Waals surface area contributed by atoms with Crippen molar-refractivity contribution in [3.05, 3.63) is 30.1 Å². The Bertz CT molecular complexity index is 400. The zero-order valence-corrected chi connectivity index (χ0v) is 10.8. The fraction of sp³-hybridized carbons (Fsp3) is 0.462. The van der Waals surface area contributed by atoms with Gasteiger partial charge in [0, 0.05) is 6.54 Å². The van der Waals surface area contributed by atoms with E-state index in [0.717, 1.165) is 0 Å². The van der Waals surface area contributed by atoms with E-state index < -0.39 is 11.9 Å². The predicted octanol–water partition coefficient (Wildman–Crippen LogP) is 0.718. The third-order valence-electron chi connectivity index (χ3n) is 2.22. The van der Waals surface area contributed by atoms with E-state index >= 15 is 0 Å². The zero-order chi connectivity index (χ0) is 14.1. The average molecular weight is 271 g/mol. The van der Waals surface area contributed by atoms with Crippen molar-refractivity contribution in [2.24, 2.45) is 0 Å². The lowest BCUT2D eigenvalue weighted by Crippen LogP contribution is -2.35. The van der Waals surface area contributed by atoms with Gasteiger partial charge in [-0.1, -0.05) is 12.1 Å². The van der Waals surface area contributed by atoms with Crippen molar-refractivity contribution < 1.29 is 23.8 Å². The molecular weight excluding hydrogens is 253 g/mol. The number of halogens is 1. The van der Waals surface area contributed by atoms with Gasteiger partial charge in [0.25, 0.3) is 0 Å². The van der Waals surface area contributed by atoms with Gasteiger partial charge in [-0.3, -0.25) is 4.79 Å². The highest BCUT2D eigenvalue weighted by molar-refractivity contribution is 5.71. The van der Waals surface area contributed by atoms with Gasteiger partial charge in [0.2, 0.25) is 0 Å². The highest BCUT2D eigenvalue weighted by atomic mass is 19.1. The normalized spacial score (nSPS) is 11.9. The van der Waals surface area contributed by atoms with Crippen molar-refractivity contribution in [1.82, 2.24) is 5.32 Å². The van der Waals surface area contributed by atoms with Gasteiger partial charge >= 0.3 is 5.97 Å². The van der Waals surface area contributed by atoms with Crippen LogP contribution in [0.1, 0.15) is 6.92 Å². The highest BCUT2D eigenvalue weighted by Crippen LogP contribution is 2.15. The molecule has 0 heterocycles. The number of hydrogen-bond acceptors (Lipinski definition) is 5. The van der Waals surface area contributed by atoms with Crippen LogP contribution in [-0.4, -0.2) is 43.5 Å². The minimum atomic E-state index is -0.839. The lowest BCUT2D eigenvalue weighted by Gasteiger charge is -2.13. The summed E-state index contributed by atoms with van der Waals surface area (Å²) in [5.74, 6) is -0.772. The first-order valence-corrected chi connectivity index (χ1v) is 6.05. The third kappa shape index (κ3) is 6.17. The molecule has 5 nitrogen and oxygen atoms in total. The molecule has 0 bridgehead atoms. The van der Waals surface area contributed by atoms with Crippen LogP contribution in [-0.2, 0) is 9.53 Å². The molecule has 0 saturated heterocycles. The van der Waals surface area contributed by atoms with Crippen LogP contribution in [0.2, 0.25) is 0 Å². The number of rotatable bonds is 8. The summed E-state index contributed by atoms with van der Waals surface area (Å²) in [6.07, 6.45) is -0.839. The van der Waals surface area contributed by atoms with Crippen LogP contribution in [0.15, 0.2) is 24.3 Å². The Morgan fingerprint density at radius 1 is 1.47 bits per heavy atom. The maximum atomic E-state index is 13.2. The summed E-state index contributed by atoms with van der Waals surface area (Å²) in [7, 11) is 0. The lowest BCUT2D eigenvalue weighted by molar-refractivity contribution is -0.142. The van der Waals surface area contributed by atoms with Crippen LogP contribution in [0, 0.1) is 5.82 Å². The number of esters is 1. The molecule has 0 fully saturated rings. The number of aliphatic hydroxyl groups is 1. The van der Waals surface area contributed by atoms with Gasteiger partial charge in [-0.05, 0) is 19.1 Å². The molecule has 0 spiro atoms. The Morgan fingerprint density at radius 2 is 2.21 bits per heavy atom. The van der Waals surface area contributed by atoms with E-state index in [1.54, 1.807) is 19.1 Å². The van der Waals surface area contributed by atoms with Crippen LogP contribution in [0.4, 0.5) is 4.39 Å². The summed E-state index contributed by atoms with van der Waals surface area (Å²) < 4.78 is 23.0. The molecule has 1 aromatic carbocycles. The summed E-state index contributed by atoms with van der Waals surface area (Å²) in [6.45, 7) is 2.16. The first kappa shape index (κ1) is 15.4. The van der Waals surface area contributed by atoms with E-state index in [1.807, 2.05) is 0 Å². The number of benzene rings is 1. The van der Waals surface area contributed by atoms with Crippen molar-refractivity contribution in [3.8, 4) is 5.75 Å². The Kier molecular flexibility index (Phi) is 6.84. The Morgan fingerprint density at radius 3 is 2.89 bits per heavy atom. The van der Waals surface area contributed by atoms with Gasteiger partial charge in [-0.2, -0.15) is 0 Å². The first-order valence-electron chi connectivity index (χ1n) is 6.05. The molecule has 1 aromatic rings. The second kappa shape index (κ2) is 8.44. The molecule has 0 amide bonds. The number of aliphatic hydroxyl groups excluding tert-OH is 1. The van der Waals surface area contributed by atoms with Crippen molar-refractivity contribution in [2.75, 3.05) is 26.3 Å². The number of hydrogen-bond donors (Lipinski definition) is 2. The molecule has 19 heavy (non-hydrogen) atoms. The maximum absolute atomic E-state index is 13.2. The number of para-hydroxylation sites is 1. The number of carbonyl (C=O) groups excluding carboxylic acids is 1. The minimum absolute atomic E-state index is 0.0185. The molecule has 1 atom stereocenters. The van der Waals surface area contributed by atoms with E-state index in [4.69, 9.17) is 9.47 Å². The fourth-order valence-corrected chi connectivity index (χ4v) is 1.36. The number of ether oxygens (including phenoxy) is 2. The smallest absolute Gasteiger partial charge is 0.319 e. The van der Waals surface area contributed by atoms with Crippen molar-refractivity contribution >= 4 is 5.97 Å². The molecule has 6 heteroatoms. The standard InChI is InChI=1S/C13H18FNO4/c1-2-18-13(17)8-15-7-10(16)9-19-12-6-4-3-5-11(12)14/h3-6,10,15-16H,2,7-9H2,1H3. The first-order chi connectivity index (χ1) is 9.13. The van der Waals surface area contributed by atoms with Crippen LogP contribution < -0.4 is 10.1 Å². The molecule has 1 unspecified atom stereocenters. The second-order valence-electron chi connectivity index (χ2n) is 3.83. The predicted molar refractivity (Wildman–Crippen MR) is 67.4 cm³/mol. The molecule has 106 valence electrons. The average Bonchev–Trinajstić information content (AvgIpc) is 2.38. The van der Waals surface area contributed by atoms with Crippen LogP contribution in [0.3, 0.4) is 0 Å². The highest BCUT2D eigenvalue weighted by Gasteiger charge is 2.08. The second-order valence-corrected chi connectivity index (χ2v) is 3.83. The molecule has 0 aliphatic carbocycles. The Hall–Kier alpha value is -1.66. The minimum Gasteiger partial charge on any atom is -0.488 e. The number of carbonyl (C=O) groups is 1. The number of nitrogens with one attached hydrogen (secondary N) is 1. The molecule has 0 aliphatic rings. The van der Waals surface area contributed by atoms with Crippen LogP contribution >= 0.6 is 0 Å². The van der Waals surface area contributed by atoms with Gasteiger partial charge in [0.1, 0.15) is 12.7 Å². The largest absolute Gasteiger partial charge is 0.488 e. The molecular formula is C13H18FNO4. The van der Waals surface area contributed by atoms with E-state index in [2.05, 4.69) is 5.32 Å². The van der Waals surface area contributed by atoms with E-state index in [-0.39, 0.29) is 31.4 Å². The van der Waals surface area contributed by atoms with Crippen molar-refractivity contribution in [1.29, 1.82) is 0 Å². The summed E-state index contributed by atoms with van der Waals surface area (Å²) >= 11 is 0. The van der Waals surface area contributed by atoms with Gasteiger partial charge < -0.3 is 19.9 Å². The van der Waals surface area contributed by atoms with Crippen molar-refractivity contribution in [2.45, 2.75) is 13.0 Å². The molecule has 0 aliphatic heterocycles. The topological polar surface area (TPSA) is 67.8 Å². The van der Waals surface area contributed by atoms with Gasteiger partial charge in [-0.25, -0.2) is 4.39 Å². The molecule has 0 aromatic heterocycles. The van der Waals surface area contributed by atoms with Crippen molar-refractivity contribution in [3.63, 3.8) is 0 Å². The SMILES string of the molecule is CCOC(=O)CNCC(O)COc1ccccc1F. The third-order valence-corrected chi connectivity index (χ3v) is 2.22. The van der Waals surface area contributed by atoms with E-state index in [1.165, 1.54) is 12.1 Å². The molecule has 0 radical (unpaired) electrons. The summed E-state index contributed by atoms with van der Waals surface area (Å²) in [6, 6.07) is 5.96. The summed E-state index contributed by atoms with van der Waals surface area (Å²) in [5, 5.41) is 12.3. The van der Waals surface area contributed by atoms with Gasteiger partial charge in [-0.15, -0.1) is 0 Å². The zero-order valence-electron chi connectivity index (χ0n) is 10.8. The summed E-state index contributed by atoms with van der Waals surface area (Å²) in [5.41, 5.74) is 0. The molecule has 1 rings (SSSR count). The van der Waals surface area contributed by atoms with E-state index in [9.17, 15) is 14.3 Å². The lowest BCUT2D eigenvalue weighted by atomic mass is 10.3. The van der Waals surface area contributed by atoms with Crippen LogP contribution in [0.5, 0.6) is 5.75 Å². The van der Waals surface area contributed by atoms with Crippen LogP contribution in [0.25, 0.3) is 0 Å². The molecule has 0 saturated carbocycles.